The number of carbonyl (C=O) groups is 1. The second-order valence-corrected chi connectivity index (χ2v) is 4.56. The lowest BCUT2D eigenvalue weighted by Gasteiger charge is -2.16. The summed E-state index contributed by atoms with van der Waals surface area (Å²) in [7, 11) is 0. The fourth-order valence-electron chi connectivity index (χ4n) is 1.45. The predicted molar refractivity (Wildman–Crippen MR) is 69.5 cm³/mol. The molecule has 16 heavy (non-hydrogen) atoms. The maximum atomic E-state index is 11.4. The van der Waals surface area contributed by atoms with Crippen LogP contribution in [0.15, 0.2) is 18.2 Å². The van der Waals surface area contributed by atoms with Crippen molar-refractivity contribution in [2.45, 2.75) is 24.6 Å². The zero-order chi connectivity index (χ0) is 12.1. The van der Waals surface area contributed by atoms with Gasteiger partial charge in [0, 0.05) is 11.1 Å². The van der Waals surface area contributed by atoms with Gasteiger partial charge in [-0.05, 0) is 13.8 Å². The number of ketones is 1. The van der Waals surface area contributed by atoms with Crippen LogP contribution in [0, 0.1) is 0 Å². The summed E-state index contributed by atoms with van der Waals surface area (Å²) in [5.74, 6) is 1.14. The molecule has 0 saturated carbocycles. The molecule has 0 saturated heterocycles. The molecule has 0 N–H and O–H groups in total. The first-order valence-corrected chi connectivity index (χ1v) is 6.51. The van der Waals surface area contributed by atoms with Crippen molar-refractivity contribution in [2.24, 2.45) is 0 Å². The molecule has 0 spiro atoms. The van der Waals surface area contributed by atoms with Gasteiger partial charge in [0.25, 0.3) is 0 Å². The van der Waals surface area contributed by atoms with Gasteiger partial charge in [-0.2, -0.15) is 0 Å². The maximum Gasteiger partial charge on any atom is 0.147 e. The van der Waals surface area contributed by atoms with E-state index in [4.69, 9.17) is 16.3 Å². The quantitative estimate of drug-likeness (QED) is 0.772. The molecular weight excluding hydrogens is 291 g/mol. The van der Waals surface area contributed by atoms with E-state index in [9.17, 15) is 4.79 Å². The molecule has 0 heterocycles. The van der Waals surface area contributed by atoms with Crippen LogP contribution in [-0.4, -0.2) is 12.4 Å². The topological polar surface area (TPSA) is 26.3 Å². The zero-order valence-electron chi connectivity index (χ0n) is 9.30. The molecule has 0 aliphatic rings. The van der Waals surface area contributed by atoms with E-state index in [1.165, 1.54) is 0 Å². The third-order valence-electron chi connectivity index (χ3n) is 2.19. The van der Waals surface area contributed by atoms with Crippen LogP contribution in [0.2, 0.25) is 0 Å². The van der Waals surface area contributed by atoms with Gasteiger partial charge in [-0.25, -0.2) is 0 Å². The van der Waals surface area contributed by atoms with E-state index in [0.29, 0.717) is 12.5 Å². The van der Waals surface area contributed by atoms with E-state index < -0.39 is 0 Å². The number of ether oxygens (including phenoxy) is 1. The van der Waals surface area contributed by atoms with Crippen LogP contribution >= 0.6 is 27.5 Å². The molecule has 0 aliphatic carbocycles. The van der Waals surface area contributed by atoms with Crippen molar-refractivity contribution in [1.29, 1.82) is 0 Å². The summed E-state index contributed by atoms with van der Waals surface area (Å²) in [5, 5.41) is 0. The molecule has 0 fully saturated rings. The average Bonchev–Trinajstić information content (AvgIpc) is 2.28. The third kappa shape index (κ3) is 2.98. The number of rotatable bonds is 5. The zero-order valence-corrected chi connectivity index (χ0v) is 11.6. The van der Waals surface area contributed by atoms with Crippen LogP contribution in [-0.2, 0) is 10.7 Å². The van der Waals surface area contributed by atoms with E-state index in [-0.39, 0.29) is 10.6 Å². The summed E-state index contributed by atoms with van der Waals surface area (Å²) in [4.78, 5) is 11.0. The Kier molecular flexibility index (Phi) is 5.29. The van der Waals surface area contributed by atoms with E-state index in [2.05, 4.69) is 15.9 Å². The Hall–Kier alpha value is -0.540. The van der Waals surface area contributed by atoms with Crippen LogP contribution in [0.1, 0.15) is 29.8 Å². The van der Waals surface area contributed by atoms with Gasteiger partial charge in [-0.1, -0.05) is 34.1 Å². The molecule has 0 bridgehead atoms. The van der Waals surface area contributed by atoms with Gasteiger partial charge in [0.1, 0.15) is 16.4 Å². The number of benzene rings is 1. The van der Waals surface area contributed by atoms with Crippen molar-refractivity contribution in [3.05, 3.63) is 29.3 Å². The highest BCUT2D eigenvalue weighted by molar-refractivity contribution is 9.09. The Morgan fingerprint density at radius 3 is 2.75 bits per heavy atom. The smallest absolute Gasteiger partial charge is 0.147 e. The summed E-state index contributed by atoms with van der Waals surface area (Å²) >= 11 is 9.21. The molecule has 0 amide bonds. The molecule has 1 aromatic carbocycles. The van der Waals surface area contributed by atoms with E-state index in [0.717, 1.165) is 16.9 Å². The Morgan fingerprint density at radius 1 is 1.56 bits per heavy atom. The van der Waals surface area contributed by atoms with Gasteiger partial charge in [-0.3, -0.25) is 4.79 Å². The first-order valence-electron chi connectivity index (χ1n) is 5.06. The van der Waals surface area contributed by atoms with Gasteiger partial charge in [0.05, 0.1) is 12.5 Å². The molecule has 1 atom stereocenters. The van der Waals surface area contributed by atoms with Crippen molar-refractivity contribution in [2.75, 3.05) is 6.61 Å². The van der Waals surface area contributed by atoms with Gasteiger partial charge in [-0.15, -0.1) is 11.6 Å². The van der Waals surface area contributed by atoms with Gasteiger partial charge in [0.2, 0.25) is 0 Å². The normalized spacial score (nSPS) is 12.2. The lowest BCUT2D eigenvalue weighted by Crippen LogP contribution is -2.06. The SMILES string of the molecule is CCOc1c(CCl)cccc1C(Br)C(C)=O. The molecule has 88 valence electrons. The first kappa shape index (κ1) is 13.5. The molecule has 0 aliphatic heterocycles. The minimum atomic E-state index is -0.336. The molecule has 1 unspecified atom stereocenters. The molecule has 2 nitrogen and oxygen atoms in total. The highest BCUT2D eigenvalue weighted by atomic mass is 79.9. The molecular formula is C12H14BrClO2. The lowest BCUT2D eigenvalue weighted by atomic mass is 10.0. The number of Topliss-reactive ketones (excluding diaryl/α,β-unsaturated/α-hetero) is 1. The molecule has 0 radical (unpaired) electrons. The Morgan fingerprint density at radius 2 is 2.25 bits per heavy atom. The molecule has 0 aromatic heterocycles. The second kappa shape index (κ2) is 6.26. The fourth-order valence-corrected chi connectivity index (χ4v) is 2.02. The number of para-hydroxylation sites is 1. The average molecular weight is 306 g/mol. The fraction of sp³-hybridized carbons (Fsp3) is 0.417. The van der Waals surface area contributed by atoms with Crippen LogP contribution < -0.4 is 4.74 Å². The number of hydrogen-bond acceptors (Lipinski definition) is 2. The summed E-state index contributed by atoms with van der Waals surface area (Å²) in [6.07, 6.45) is 0. The van der Waals surface area contributed by atoms with Crippen LogP contribution in [0.3, 0.4) is 0 Å². The van der Waals surface area contributed by atoms with E-state index in [1.54, 1.807) is 6.92 Å². The highest BCUT2D eigenvalue weighted by Gasteiger charge is 2.19. The Balaban J connectivity index is 3.20. The van der Waals surface area contributed by atoms with Gasteiger partial charge < -0.3 is 4.74 Å². The second-order valence-electron chi connectivity index (χ2n) is 3.38. The van der Waals surface area contributed by atoms with Crippen LogP contribution in [0.25, 0.3) is 0 Å². The maximum absolute atomic E-state index is 11.4. The summed E-state index contributed by atoms with van der Waals surface area (Å²) in [6.45, 7) is 4.01. The van der Waals surface area contributed by atoms with Crippen molar-refractivity contribution >= 4 is 33.3 Å². The first-order chi connectivity index (χ1) is 7.61. The predicted octanol–water partition coefficient (Wildman–Crippen LogP) is 3.85. The highest BCUT2D eigenvalue weighted by Crippen LogP contribution is 2.35. The summed E-state index contributed by atoms with van der Waals surface area (Å²) in [5.41, 5.74) is 1.75. The lowest BCUT2D eigenvalue weighted by molar-refractivity contribution is -0.116. The van der Waals surface area contributed by atoms with E-state index >= 15 is 0 Å². The standard InChI is InChI=1S/C12H14BrClO2/c1-3-16-12-9(7-14)5-4-6-10(12)11(13)8(2)15/h4-6,11H,3,7H2,1-2H3. The monoisotopic (exact) mass is 304 g/mol. The third-order valence-corrected chi connectivity index (χ3v) is 3.62. The number of carbonyl (C=O) groups excluding carboxylic acids is 1. The van der Waals surface area contributed by atoms with Crippen molar-refractivity contribution in [3.8, 4) is 5.75 Å². The summed E-state index contributed by atoms with van der Waals surface area (Å²) < 4.78 is 5.56. The minimum Gasteiger partial charge on any atom is -0.493 e. The van der Waals surface area contributed by atoms with Crippen LogP contribution in [0.4, 0.5) is 0 Å². The molecule has 4 heteroatoms. The number of halogens is 2. The largest absolute Gasteiger partial charge is 0.493 e. The minimum absolute atomic E-state index is 0.0488. The molecule has 1 rings (SSSR count). The van der Waals surface area contributed by atoms with Crippen molar-refractivity contribution in [1.82, 2.24) is 0 Å². The van der Waals surface area contributed by atoms with E-state index in [1.807, 2.05) is 25.1 Å². The summed E-state index contributed by atoms with van der Waals surface area (Å²) in [6, 6.07) is 5.66. The van der Waals surface area contributed by atoms with Gasteiger partial charge >= 0.3 is 0 Å². The Labute approximate surface area is 109 Å². The van der Waals surface area contributed by atoms with Gasteiger partial charge in [0.15, 0.2) is 0 Å². The van der Waals surface area contributed by atoms with Crippen molar-refractivity contribution < 1.29 is 9.53 Å². The Bertz CT molecular complexity index is 379. The number of alkyl halides is 2. The van der Waals surface area contributed by atoms with Crippen LogP contribution in [0.5, 0.6) is 5.75 Å². The number of hydrogen-bond donors (Lipinski definition) is 0. The molecule has 1 aromatic rings. The van der Waals surface area contributed by atoms with Crippen molar-refractivity contribution in [3.63, 3.8) is 0 Å².